The maximum atomic E-state index is 12.4. The fraction of sp³-hybridized carbons (Fsp3) is 0.385. The van der Waals surface area contributed by atoms with Crippen molar-refractivity contribution in [2.75, 3.05) is 18.0 Å². The number of fused-ring (bicyclic) bond motifs is 1. The van der Waals surface area contributed by atoms with E-state index in [1.165, 1.54) is 23.3 Å². The van der Waals surface area contributed by atoms with E-state index in [1.54, 1.807) is 30.3 Å². The molecule has 0 bridgehead atoms. The highest BCUT2D eigenvalue weighted by atomic mass is 16.3. The van der Waals surface area contributed by atoms with Crippen LogP contribution in [0.1, 0.15) is 61.4 Å². The largest absolute Gasteiger partial charge is 0.464 e. The van der Waals surface area contributed by atoms with Crippen LogP contribution in [0.25, 0.3) is 11.0 Å². The molecule has 1 aliphatic heterocycles. The van der Waals surface area contributed by atoms with Crippen LogP contribution in [-0.2, 0) is 0 Å². The Balaban J connectivity index is 1.66. The van der Waals surface area contributed by atoms with Gasteiger partial charge in [-0.1, -0.05) is 26.0 Å². The van der Waals surface area contributed by atoms with Gasteiger partial charge in [0.1, 0.15) is 5.58 Å². The lowest BCUT2D eigenvalue weighted by molar-refractivity contribution is 0.112. The molecule has 0 unspecified atom stereocenters. The number of nitrogens with two attached hydrogens (primary N) is 1. The quantitative estimate of drug-likeness (QED) is 0.475. The number of carbonyl (C=O) groups is 2. The summed E-state index contributed by atoms with van der Waals surface area (Å²) >= 11 is 0. The smallest absolute Gasteiger partial charge is 0.323 e. The molecule has 0 radical (unpaired) electrons. The van der Waals surface area contributed by atoms with Crippen LogP contribution >= 0.6 is 0 Å². The van der Waals surface area contributed by atoms with Gasteiger partial charge in [-0.05, 0) is 75.0 Å². The van der Waals surface area contributed by atoms with Gasteiger partial charge in [-0.3, -0.25) is 9.69 Å². The number of benzene rings is 2. The van der Waals surface area contributed by atoms with Crippen LogP contribution in [0.4, 0.5) is 16.2 Å². The van der Waals surface area contributed by atoms with E-state index in [9.17, 15) is 9.59 Å². The van der Waals surface area contributed by atoms with Gasteiger partial charge in [0.2, 0.25) is 0 Å². The van der Waals surface area contributed by atoms with Crippen molar-refractivity contribution in [2.24, 2.45) is 5.73 Å². The zero-order chi connectivity index (χ0) is 22.7. The van der Waals surface area contributed by atoms with Crippen LogP contribution in [-0.4, -0.2) is 36.3 Å². The van der Waals surface area contributed by atoms with Crippen molar-refractivity contribution in [1.82, 2.24) is 4.90 Å². The Kier molecular flexibility index (Phi) is 6.61. The van der Waals surface area contributed by atoms with Gasteiger partial charge in [0.05, 0.1) is 17.6 Å². The van der Waals surface area contributed by atoms with Crippen molar-refractivity contribution < 1.29 is 14.0 Å². The van der Waals surface area contributed by atoms with Crippen LogP contribution in [0.15, 0.2) is 53.1 Å². The predicted molar refractivity (Wildman–Crippen MR) is 128 cm³/mol. The Bertz CT molecular complexity index is 1090. The third-order valence-electron chi connectivity index (χ3n) is 6.80. The van der Waals surface area contributed by atoms with Gasteiger partial charge in [-0.15, -0.1) is 0 Å². The van der Waals surface area contributed by atoms with E-state index < -0.39 is 6.03 Å². The molecule has 0 aliphatic carbocycles. The van der Waals surface area contributed by atoms with Gasteiger partial charge in [0, 0.05) is 22.6 Å². The number of nitrogens with zero attached hydrogens (tertiary/aromatic N) is 2. The third-order valence-corrected chi connectivity index (χ3v) is 6.80. The summed E-state index contributed by atoms with van der Waals surface area (Å²) in [5.74, 6) is 0.418. The molecule has 4 rings (SSSR count). The Labute approximate surface area is 189 Å². The molecule has 3 aromatic rings. The van der Waals surface area contributed by atoms with Crippen LogP contribution in [0.2, 0.25) is 0 Å². The number of piperidine rings is 1. The highest BCUT2D eigenvalue weighted by molar-refractivity contribution is 6.04. The number of amides is 2. The van der Waals surface area contributed by atoms with Crippen LogP contribution in [0, 0.1) is 0 Å². The third kappa shape index (κ3) is 4.15. The number of para-hydroxylation sites is 1. The van der Waals surface area contributed by atoms with Gasteiger partial charge in [0.25, 0.3) is 0 Å². The molecule has 1 aromatic heterocycles. The molecule has 2 aromatic carbocycles. The van der Waals surface area contributed by atoms with Crippen LogP contribution < -0.4 is 10.6 Å². The van der Waals surface area contributed by atoms with E-state index in [0.717, 1.165) is 43.2 Å². The van der Waals surface area contributed by atoms with E-state index in [4.69, 9.17) is 10.2 Å². The summed E-state index contributed by atoms with van der Waals surface area (Å²) in [7, 11) is 0. The van der Waals surface area contributed by atoms with Gasteiger partial charge in [-0.2, -0.15) is 0 Å². The first-order valence-electron chi connectivity index (χ1n) is 11.5. The molecule has 32 heavy (non-hydrogen) atoms. The molecule has 1 saturated heterocycles. The number of rotatable bonds is 7. The number of aldehydes is 1. The Hall–Kier alpha value is -3.12. The van der Waals surface area contributed by atoms with Crippen LogP contribution in [0.5, 0.6) is 0 Å². The fourth-order valence-corrected chi connectivity index (χ4v) is 5.05. The molecule has 0 spiro atoms. The summed E-state index contributed by atoms with van der Waals surface area (Å²) in [6, 6.07) is 12.6. The second kappa shape index (κ2) is 9.57. The Morgan fingerprint density at radius 3 is 2.56 bits per heavy atom. The summed E-state index contributed by atoms with van der Waals surface area (Å²) in [6.45, 7) is 6.70. The molecule has 6 heteroatoms. The molecule has 2 heterocycles. The maximum absolute atomic E-state index is 12.4. The van der Waals surface area contributed by atoms with Crippen LogP contribution in [0.3, 0.4) is 0 Å². The summed E-state index contributed by atoms with van der Waals surface area (Å²) in [5.41, 5.74) is 9.21. The summed E-state index contributed by atoms with van der Waals surface area (Å²) in [5, 5.41) is 0.998. The second-order valence-corrected chi connectivity index (χ2v) is 8.50. The molecular weight excluding hydrogens is 402 g/mol. The number of likely N-dealkylation sites (tertiary alicyclic amines) is 1. The molecule has 168 valence electrons. The van der Waals surface area contributed by atoms with E-state index in [-0.39, 0.29) is 0 Å². The molecule has 0 saturated carbocycles. The van der Waals surface area contributed by atoms with Crippen molar-refractivity contribution in [1.29, 1.82) is 0 Å². The van der Waals surface area contributed by atoms with Gasteiger partial charge < -0.3 is 15.1 Å². The summed E-state index contributed by atoms with van der Waals surface area (Å²) in [4.78, 5) is 27.9. The minimum absolute atomic E-state index is 0.410. The number of carbonyl (C=O) groups excluding carboxylic acids is 2. The van der Waals surface area contributed by atoms with Crippen molar-refractivity contribution in [3.8, 4) is 0 Å². The normalized spacial score (nSPS) is 15.3. The molecule has 1 fully saturated rings. The Morgan fingerprint density at radius 1 is 1.19 bits per heavy atom. The second-order valence-electron chi connectivity index (χ2n) is 8.50. The highest BCUT2D eigenvalue weighted by Crippen LogP contribution is 2.38. The van der Waals surface area contributed by atoms with E-state index in [0.29, 0.717) is 28.9 Å². The molecule has 1 aliphatic rings. The highest BCUT2D eigenvalue weighted by Gasteiger charge is 2.27. The van der Waals surface area contributed by atoms with Crippen molar-refractivity contribution in [3.63, 3.8) is 0 Å². The first kappa shape index (κ1) is 22.1. The topological polar surface area (TPSA) is 79.8 Å². The summed E-state index contributed by atoms with van der Waals surface area (Å²) < 4.78 is 5.86. The minimum Gasteiger partial charge on any atom is -0.464 e. The first-order valence-corrected chi connectivity index (χ1v) is 11.5. The molecule has 2 amide bonds. The van der Waals surface area contributed by atoms with Gasteiger partial charge >= 0.3 is 6.03 Å². The van der Waals surface area contributed by atoms with E-state index in [1.807, 2.05) is 18.4 Å². The predicted octanol–water partition coefficient (Wildman–Crippen LogP) is 5.83. The van der Waals surface area contributed by atoms with Crippen molar-refractivity contribution >= 4 is 34.7 Å². The number of furan rings is 1. The SMILES string of the molecule is CCC(CC)N1CCC(c2coc3ccc(N(C(N)=O)c4ccccc4C=O)cc23)CC1. The van der Waals surface area contributed by atoms with Gasteiger partial charge in [-0.25, -0.2) is 4.79 Å². The first-order chi connectivity index (χ1) is 15.6. The molecule has 2 N–H and O–H groups in total. The lowest BCUT2D eigenvalue weighted by Crippen LogP contribution is -2.40. The minimum atomic E-state index is -0.637. The molecular formula is C26H31N3O3. The average molecular weight is 434 g/mol. The maximum Gasteiger partial charge on any atom is 0.323 e. The number of primary amides is 1. The monoisotopic (exact) mass is 433 g/mol. The number of anilines is 2. The Morgan fingerprint density at radius 2 is 1.91 bits per heavy atom. The lowest BCUT2D eigenvalue weighted by atomic mass is 9.88. The zero-order valence-electron chi connectivity index (χ0n) is 18.8. The zero-order valence-corrected chi connectivity index (χ0v) is 18.8. The van der Waals surface area contributed by atoms with Gasteiger partial charge in [0.15, 0.2) is 6.29 Å². The molecule has 6 nitrogen and oxygen atoms in total. The van der Waals surface area contributed by atoms with Crippen molar-refractivity contribution in [2.45, 2.75) is 51.5 Å². The fourth-order valence-electron chi connectivity index (χ4n) is 5.05. The standard InChI is InChI=1S/C26H31N3O3/c1-3-20(4-2)28-13-11-18(12-14-28)23-17-32-25-10-9-21(15-22(23)25)29(26(27)31)24-8-6-5-7-19(24)16-30/h5-10,15-18,20H,3-4,11-14H2,1-2H3,(H2,27,31). The van der Waals surface area contributed by atoms with E-state index in [2.05, 4.69) is 18.7 Å². The average Bonchev–Trinajstić information content (AvgIpc) is 3.24. The van der Waals surface area contributed by atoms with Crippen molar-refractivity contribution in [3.05, 3.63) is 59.9 Å². The number of hydrogen-bond donors (Lipinski definition) is 1. The summed E-state index contributed by atoms with van der Waals surface area (Å²) in [6.07, 6.45) is 7.14. The number of hydrogen-bond acceptors (Lipinski definition) is 4. The lowest BCUT2D eigenvalue weighted by Gasteiger charge is -2.36. The number of urea groups is 1. The molecule has 0 atom stereocenters. The van der Waals surface area contributed by atoms with E-state index >= 15 is 0 Å².